The number of methoxy groups -OCH3 is 3. The van der Waals surface area contributed by atoms with Crippen LogP contribution in [0.4, 0.5) is 5.69 Å². The summed E-state index contributed by atoms with van der Waals surface area (Å²) in [7, 11) is 5.00. The molecule has 0 amide bonds. The Kier molecular flexibility index (Phi) is 4.95. The first-order valence-corrected chi connectivity index (χ1v) is 11.2. The topological polar surface area (TPSA) is 48.2 Å². The highest BCUT2D eigenvalue weighted by Gasteiger charge is 2.42. The third kappa shape index (κ3) is 3.29. The first-order valence-electron chi connectivity index (χ1n) is 11.2. The van der Waals surface area contributed by atoms with E-state index in [1.165, 1.54) is 48.1 Å². The van der Waals surface area contributed by atoms with E-state index in [9.17, 15) is 0 Å². The maximum absolute atomic E-state index is 5.76. The van der Waals surface area contributed by atoms with Crippen LogP contribution in [0.1, 0.15) is 43.9 Å². The van der Waals surface area contributed by atoms with E-state index < -0.39 is 0 Å². The van der Waals surface area contributed by atoms with Crippen molar-refractivity contribution in [1.29, 1.82) is 0 Å². The lowest BCUT2D eigenvalue weighted by molar-refractivity contribution is 0.377. The molecule has 3 aromatic rings. The number of pyridine rings is 1. The van der Waals surface area contributed by atoms with Gasteiger partial charge in [0, 0.05) is 24.2 Å². The third-order valence-corrected chi connectivity index (χ3v) is 6.47. The summed E-state index contributed by atoms with van der Waals surface area (Å²) in [4.78, 5) is 2.68. The maximum atomic E-state index is 5.76. The molecule has 0 aliphatic heterocycles. The number of fused-ring (bicyclic) bond motifs is 1. The molecular formula is C25H31N3O3. The van der Waals surface area contributed by atoms with Gasteiger partial charge in [-0.05, 0) is 50.7 Å². The molecule has 0 bridgehead atoms. The molecule has 2 aliphatic rings. The lowest BCUT2D eigenvalue weighted by atomic mass is 10.1. The zero-order valence-corrected chi connectivity index (χ0v) is 19.1. The van der Waals surface area contributed by atoms with Gasteiger partial charge in [-0.2, -0.15) is 5.10 Å². The number of hydrogen-bond donors (Lipinski definition) is 0. The van der Waals surface area contributed by atoms with Gasteiger partial charge >= 0.3 is 0 Å². The summed E-state index contributed by atoms with van der Waals surface area (Å²) in [5, 5.41) is 5.14. The highest BCUT2D eigenvalue weighted by molar-refractivity contribution is 5.85. The van der Waals surface area contributed by atoms with Crippen LogP contribution < -0.4 is 19.1 Å². The Morgan fingerprint density at radius 1 is 0.968 bits per heavy atom. The van der Waals surface area contributed by atoms with Crippen molar-refractivity contribution in [1.82, 2.24) is 9.61 Å². The molecule has 2 aliphatic carbocycles. The number of nitrogens with zero attached hydrogens (tertiary/aromatic N) is 3. The van der Waals surface area contributed by atoms with Gasteiger partial charge in [-0.15, -0.1) is 0 Å². The lowest BCUT2D eigenvalue weighted by Gasteiger charge is -2.25. The van der Waals surface area contributed by atoms with Gasteiger partial charge in [-0.25, -0.2) is 4.52 Å². The second-order valence-corrected chi connectivity index (χ2v) is 8.59. The molecule has 0 spiro atoms. The second kappa shape index (κ2) is 7.66. The van der Waals surface area contributed by atoms with Gasteiger partial charge in [0.2, 0.25) is 0 Å². The quantitative estimate of drug-likeness (QED) is 0.511. The number of aromatic nitrogens is 2. The first-order chi connectivity index (χ1) is 15.1. The van der Waals surface area contributed by atoms with Crippen LogP contribution in [0, 0.1) is 6.92 Å². The number of ether oxygens (including phenoxy) is 3. The van der Waals surface area contributed by atoms with Gasteiger partial charge < -0.3 is 19.1 Å². The van der Waals surface area contributed by atoms with Crippen LogP contribution in [-0.2, 0) is 6.42 Å². The zero-order valence-electron chi connectivity index (χ0n) is 19.1. The Balaban J connectivity index is 1.79. The van der Waals surface area contributed by atoms with Gasteiger partial charge in [0.25, 0.3) is 0 Å². The van der Waals surface area contributed by atoms with Crippen molar-refractivity contribution >= 4 is 11.2 Å². The normalized spacial score (nSPS) is 15.9. The molecule has 6 nitrogen and oxygen atoms in total. The molecular weight excluding hydrogens is 390 g/mol. The number of benzene rings is 1. The molecule has 6 heteroatoms. The molecule has 2 fully saturated rings. The van der Waals surface area contributed by atoms with E-state index in [0.29, 0.717) is 29.3 Å². The molecule has 0 saturated heterocycles. The summed E-state index contributed by atoms with van der Waals surface area (Å²) in [6, 6.07) is 9.43. The van der Waals surface area contributed by atoms with Crippen LogP contribution in [0.5, 0.6) is 17.2 Å². The molecule has 31 heavy (non-hydrogen) atoms. The smallest absolute Gasteiger partial charge is 0.135 e. The average Bonchev–Trinajstić information content (AvgIpc) is 3.72. The molecule has 1 aromatic carbocycles. The Morgan fingerprint density at radius 3 is 2.06 bits per heavy atom. The van der Waals surface area contributed by atoms with Gasteiger partial charge in [0.05, 0.1) is 49.5 Å². The van der Waals surface area contributed by atoms with Gasteiger partial charge in [-0.1, -0.05) is 13.0 Å². The summed E-state index contributed by atoms with van der Waals surface area (Å²) in [6.07, 6.45) is 6.06. The summed E-state index contributed by atoms with van der Waals surface area (Å²) in [6.45, 7) is 4.39. The van der Waals surface area contributed by atoms with E-state index in [1.807, 2.05) is 12.1 Å². The van der Waals surface area contributed by atoms with Gasteiger partial charge in [0.1, 0.15) is 17.2 Å². The van der Waals surface area contributed by atoms with Crippen LogP contribution in [0.2, 0.25) is 0 Å². The minimum Gasteiger partial charge on any atom is -0.496 e. The Hall–Kier alpha value is -2.89. The van der Waals surface area contributed by atoms with E-state index in [2.05, 4.69) is 35.4 Å². The number of aryl methyl sites for hydroxylation is 2. The molecule has 0 atom stereocenters. The fourth-order valence-corrected chi connectivity index (χ4v) is 4.66. The van der Waals surface area contributed by atoms with Crippen molar-refractivity contribution in [2.45, 2.75) is 58.0 Å². The summed E-state index contributed by atoms with van der Waals surface area (Å²) >= 11 is 0. The van der Waals surface area contributed by atoms with Crippen molar-refractivity contribution in [3.8, 4) is 28.5 Å². The minimum absolute atomic E-state index is 0.666. The molecule has 2 aromatic heterocycles. The highest BCUT2D eigenvalue weighted by Crippen LogP contribution is 2.47. The number of rotatable bonds is 8. The molecule has 2 heterocycles. The Morgan fingerprint density at radius 2 is 1.58 bits per heavy atom. The second-order valence-electron chi connectivity index (χ2n) is 8.59. The van der Waals surface area contributed by atoms with Crippen LogP contribution in [0.25, 0.3) is 16.8 Å². The average molecular weight is 422 g/mol. The predicted octanol–water partition coefficient (Wildman–Crippen LogP) is 5.03. The molecule has 0 unspecified atom stereocenters. The lowest BCUT2D eigenvalue weighted by Crippen LogP contribution is -2.28. The Labute approximate surface area is 183 Å². The Bertz CT molecular complexity index is 1090. The van der Waals surface area contributed by atoms with E-state index in [0.717, 1.165) is 17.7 Å². The van der Waals surface area contributed by atoms with Crippen molar-refractivity contribution < 1.29 is 14.2 Å². The predicted molar refractivity (Wildman–Crippen MR) is 123 cm³/mol. The van der Waals surface area contributed by atoms with E-state index in [-0.39, 0.29) is 0 Å². The van der Waals surface area contributed by atoms with E-state index >= 15 is 0 Å². The van der Waals surface area contributed by atoms with Crippen molar-refractivity contribution in [3.05, 3.63) is 35.5 Å². The minimum atomic E-state index is 0.666. The fourth-order valence-electron chi connectivity index (χ4n) is 4.66. The van der Waals surface area contributed by atoms with E-state index in [4.69, 9.17) is 19.3 Å². The van der Waals surface area contributed by atoms with Crippen LogP contribution in [0.3, 0.4) is 0 Å². The number of anilines is 1. The summed E-state index contributed by atoms with van der Waals surface area (Å²) < 4.78 is 19.1. The van der Waals surface area contributed by atoms with Crippen LogP contribution >= 0.6 is 0 Å². The molecule has 2 saturated carbocycles. The van der Waals surface area contributed by atoms with E-state index in [1.54, 1.807) is 21.3 Å². The SMILES string of the molecule is CCc1nn2c(-c3c(OC)cc(OC)cc3OC)ccc(C)c2c1N(C1CC1)C1CC1. The van der Waals surface area contributed by atoms with Crippen molar-refractivity contribution in [3.63, 3.8) is 0 Å². The molecule has 164 valence electrons. The summed E-state index contributed by atoms with van der Waals surface area (Å²) in [5.74, 6) is 2.11. The largest absolute Gasteiger partial charge is 0.496 e. The summed E-state index contributed by atoms with van der Waals surface area (Å²) in [5.41, 5.74) is 6.79. The molecule has 0 N–H and O–H groups in total. The zero-order chi connectivity index (χ0) is 21.7. The van der Waals surface area contributed by atoms with Crippen LogP contribution in [0.15, 0.2) is 24.3 Å². The number of hydrogen-bond acceptors (Lipinski definition) is 5. The van der Waals surface area contributed by atoms with Crippen molar-refractivity contribution in [2.24, 2.45) is 0 Å². The first kappa shape index (κ1) is 20.0. The highest BCUT2D eigenvalue weighted by atomic mass is 16.5. The van der Waals surface area contributed by atoms with Gasteiger partial charge in [-0.3, -0.25) is 0 Å². The van der Waals surface area contributed by atoms with Crippen LogP contribution in [-0.4, -0.2) is 43.0 Å². The van der Waals surface area contributed by atoms with Gasteiger partial charge in [0.15, 0.2) is 0 Å². The standard InChI is InChI=1S/C25H31N3O3/c1-6-19-25(27(16-8-9-16)17-10-11-17)24-15(2)7-12-20(28(24)26-19)23-21(30-4)13-18(29-3)14-22(23)31-5/h7,12-14,16-17H,6,8-11H2,1-5H3. The molecule has 5 rings (SSSR count). The van der Waals surface area contributed by atoms with Crippen molar-refractivity contribution in [2.75, 3.05) is 26.2 Å². The third-order valence-electron chi connectivity index (χ3n) is 6.47. The maximum Gasteiger partial charge on any atom is 0.135 e. The fraction of sp³-hybridized carbons (Fsp3) is 0.480. The monoisotopic (exact) mass is 421 g/mol. The molecule has 0 radical (unpaired) electrons.